The number of hydrogen-bond acceptors (Lipinski definition) is 5. The van der Waals surface area contributed by atoms with Gasteiger partial charge >= 0.3 is 5.97 Å². The first-order valence-corrected chi connectivity index (χ1v) is 6.67. The van der Waals surface area contributed by atoms with Gasteiger partial charge in [-0.05, 0) is 43.7 Å². The van der Waals surface area contributed by atoms with Crippen LogP contribution in [-0.4, -0.2) is 24.6 Å². The molecule has 1 aromatic heterocycles. The number of esters is 1. The first-order chi connectivity index (χ1) is 10.1. The van der Waals surface area contributed by atoms with E-state index in [1.165, 1.54) is 7.11 Å². The van der Waals surface area contributed by atoms with Crippen LogP contribution in [0.25, 0.3) is 0 Å². The molecule has 0 atom stereocenters. The fourth-order valence-corrected chi connectivity index (χ4v) is 1.93. The molecule has 0 aliphatic rings. The van der Waals surface area contributed by atoms with Crippen LogP contribution in [0.15, 0.2) is 36.4 Å². The van der Waals surface area contributed by atoms with Gasteiger partial charge in [-0.25, -0.2) is 9.78 Å². The lowest BCUT2D eigenvalue weighted by atomic mass is 10.1. The van der Waals surface area contributed by atoms with E-state index in [1.54, 1.807) is 19.1 Å². The van der Waals surface area contributed by atoms with Crippen molar-refractivity contribution in [2.75, 3.05) is 13.7 Å². The van der Waals surface area contributed by atoms with E-state index in [1.807, 2.05) is 24.3 Å². The maximum Gasteiger partial charge on any atom is 0.339 e. The minimum atomic E-state index is -0.405. The Labute approximate surface area is 123 Å². The van der Waals surface area contributed by atoms with E-state index in [2.05, 4.69) is 9.72 Å². The van der Waals surface area contributed by atoms with Gasteiger partial charge < -0.3 is 15.2 Å². The van der Waals surface area contributed by atoms with Crippen molar-refractivity contribution in [3.63, 3.8) is 0 Å². The number of ether oxygens (including phenoxy) is 2. The molecule has 0 amide bonds. The van der Waals surface area contributed by atoms with E-state index >= 15 is 0 Å². The average molecular weight is 286 g/mol. The number of pyridine rings is 1. The van der Waals surface area contributed by atoms with Gasteiger partial charge in [-0.1, -0.05) is 12.1 Å². The van der Waals surface area contributed by atoms with Crippen molar-refractivity contribution in [1.82, 2.24) is 4.98 Å². The van der Waals surface area contributed by atoms with Gasteiger partial charge in [0.2, 0.25) is 5.88 Å². The highest BCUT2D eigenvalue weighted by Gasteiger charge is 2.11. The van der Waals surface area contributed by atoms with Gasteiger partial charge in [-0.2, -0.15) is 0 Å². The summed E-state index contributed by atoms with van der Waals surface area (Å²) in [5.74, 6) is 0.720. The summed E-state index contributed by atoms with van der Waals surface area (Å²) in [6.45, 7) is 2.36. The molecule has 0 radical (unpaired) electrons. The van der Waals surface area contributed by atoms with Crippen LogP contribution in [0.2, 0.25) is 0 Å². The Kier molecular flexibility index (Phi) is 4.90. The quantitative estimate of drug-likeness (QED) is 0.855. The molecule has 0 unspecified atom stereocenters. The predicted molar refractivity (Wildman–Crippen MR) is 79.6 cm³/mol. The Bertz CT molecular complexity index is 624. The van der Waals surface area contributed by atoms with E-state index in [4.69, 9.17) is 10.5 Å². The molecular weight excluding hydrogens is 268 g/mol. The standard InChI is InChI=1S/C16H18N2O3/c1-11-14(16(19)20-2)7-8-15(18-11)21-13-5-3-12(4-6-13)9-10-17/h3-8H,9-10,17H2,1-2H3. The lowest BCUT2D eigenvalue weighted by molar-refractivity contribution is 0.0599. The summed E-state index contributed by atoms with van der Waals surface area (Å²) < 4.78 is 10.3. The number of carbonyl (C=O) groups is 1. The highest BCUT2D eigenvalue weighted by Crippen LogP contribution is 2.21. The molecule has 2 rings (SSSR count). The number of nitrogens with two attached hydrogens (primary N) is 1. The summed E-state index contributed by atoms with van der Waals surface area (Å²) in [5, 5.41) is 0. The second-order valence-corrected chi connectivity index (χ2v) is 4.56. The Hall–Kier alpha value is -2.40. The van der Waals surface area contributed by atoms with Crippen molar-refractivity contribution < 1.29 is 14.3 Å². The topological polar surface area (TPSA) is 74.4 Å². The second kappa shape index (κ2) is 6.85. The number of aromatic nitrogens is 1. The number of aryl methyl sites for hydroxylation is 1. The molecule has 5 heteroatoms. The zero-order valence-electron chi connectivity index (χ0n) is 12.1. The van der Waals surface area contributed by atoms with E-state index in [9.17, 15) is 4.79 Å². The smallest absolute Gasteiger partial charge is 0.339 e. The van der Waals surface area contributed by atoms with Crippen LogP contribution in [0.4, 0.5) is 0 Å². The average Bonchev–Trinajstić information content (AvgIpc) is 2.49. The second-order valence-electron chi connectivity index (χ2n) is 4.56. The van der Waals surface area contributed by atoms with Gasteiger partial charge in [0.05, 0.1) is 18.4 Å². The summed E-state index contributed by atoms with van der Waals surface area (Å²) in [6.07, 6.45) is 0.839. The fraction of sp³-hybridized carbons (Fsp3) is 0.250. The minimum Gasteiger partial charge on any atom is -0.465 e. The van der Waals surface area contributed by atoms with Crippen molar-refractivity contribution in [3.05, 3.63) is 53.2 Å². The molecule has 0 aliphatic heterocycles. The Balaban J connectivity index is 2.12. The minimum absolute atomic E-state index is 0.405. The molecule has 0 saturated carbocycles. The highest BCUT2D eigenvalue weighted by atomic mass is 16.5. The predicted octanol–water partition coefficient (Wildman–Crippen LogP) is 2.47. The van der Waals surface area contributed by atoms with Crippen molar-refractivity contribution in [3.8, 4) is 11.6 Å². The molecule has 0 saturated heterocycles. The summed E-state index contributed by atoms with van der Waals surface area (Å²) in [7, 11) is 1.34. The van der Waals surface area contributed by atoms with Gasteiger partial charge in [0, 0.05) is 6.07 Å². The number of benzene rings is 1. The van der Waals surface area contributed by atoms with E-state index in [0.717, 1.165) is 12.0 Å². The molecule has 110 valence electrons. The van der Waals surface area contributed by atoms with Gasteiger partial charge in [-0.15, -0.1) is 0 Å². The van der Waals surface area contributed by atoms with Gasteiger partial charge in [0.1, 0.15) is 5.75 Å². The van der Waals surface area contributed by atoms with Crippen molar-refractivity contribution in [2.24, 2.45) is 5.73 Å². The largest absolute Gasteiger partial charge is 0.465 e. The fourth-order valence-electron chi connectivity index (χ4n) is 1.93. The van der Waals surface area contributed by atoms with E-state index in [0.29, 0.717) is 29.4 Å². The Morgan fingerprint density at radius 2 is 1.90 bits per heavy atom. The van der Waals surface area contributed by atoms with Crippen LogP contribution in [0.1, 0.15) is 21.6 Å². The summed E-state index contributed by atoms with van der Waals surface area (Å²) >= 11 is 0. The summed E-state index contributed by atoms with van der Waals surface area (Å²) in [5.41, 5.74) is 7.67. The maximum absolute atomic E-state index is 11.5. The van der Waals surface area contributed by atoms with Crippen LogP contribution < -0.4 is 10.5 Å². The molecule has 0 fully saturated rings. The van der Waals surface area contributed by atoms with Gasteiger partial charge in [-0.3, -0.25) is 0 Å². The molecule has 0 aliphatic carbocycles. The van der Waals surface area contributed by atoms with Crippen LogP contribution in [0, 0.1) is 6.92 Å². The third-order valence-electron chi connectivity index (χ3n) is 3.04. The molecule has 2 N–H and O–H groups in total. The lowest BCUT2D eigenvalue weighted by Crippen LogP contribution is -2.05. The SMILES string of the molecule is COC(=O)c1ccc(Oc2ccc(CCN)cc2)nc1C. The third kappa shape index (κ3) is 3.79. The Morgan fingerprint density at radius 3 is 2.48 bits per heavy atom. The van der Waals surface area contributed by atoms with Crippen LogP contribution in [0.5, 0.6) is 11.6 Å². The monoisotopic (exact) mass is 286 g/mol. The molecule has 2 aromatic rings. The molecule has 0 bridgehead atoms. The van der Waals surface area contributed by atoms with Crippen LogP contribution in [-0.2, 0) is 11.2 Å². The number of carbonyl (C=O) groups excluding carboxylic acids is 1. The van der Waals surface area contributed by atoms with Crippen LogP contribution in [0.3, 0.4) is 0 Å². The molecule has 5 nitrogen and oxygen atoms in total. The number of methoxy groups -OCH3 is 1. The summed E-state index contributed by atoms with van der Waals surface area (Å²) in [6, 6.07) is 11.0. The first kappa shape index (κ1) is 15.0. The normalized spacial score (nSPS) is 10.2. The lowest BCUT2D eigenvalue weighted by Gasteiger charge is -2.08. The zero-order chi connectivity index (χ0) is 15.2. The molecular formula is C16H18N2O3. The van der Waals surface area contributed by atoms with Crippen molar-refractivity contribution >= 4 is 5.97 Å². The Morgan fingerprint density at radius 1 is 1.19 bits per heavy atom. The number of rotatable bonds is 5. The molecule has 1 heterocycles. The zero-order valence-corrected chi connectivity index (χ0v) is 12.1. The summed E-state index contributed by atoms with van der Waals surface area (Å²) in [4.78, 5) is 15.7. The van der Waals surface area contributed by atoms with Crippen molar-refractivity contribution in [1.29, 1.82) is 0 Å². The van der Waals surface area contributed by atoms with E-state index < -0.39 is 5.97 Å². The third-order valence-corrected chi connectivity index (χ3v) is 3.04. The molecule has 1 aromatic carbocycles. The number of hydrogen-bond donors (Lipinski definition) is 1. The highest BCUT2D eigenvalue weighted by molar-refractivity contribution is 5.90. The molecule has 0 spiro atoms. The van der Waals surface area contributed by atoms with Crippen molar-refractivity contribution in [2.45, 2.75) is 13.3 Å². The maximum atomic E-state index is 11.5. The number of nitrogens with zero attached hydrogens (tertiary/aromatic N) is 1. The van der Waals surface area contributed by atoms with Gasteiger partial charge in [0.25, 0.3) is 0 Å². The first-order valence-electron chi connectivity index (χ1n) is 6.67. The van der Waals surface area contributed by atoms with E-state index in [-0.39, 0.29) is 0 Å². The van der Waals surface area contributed by atoms with Crippen LogP contribution >= 0.6 is 0 Å². The molecule has 21 heavy (non-hydrogen) atoms. The van der Waals surface area contributed by atoms with Gasteiger partial charge in [0.15, 0.2) is 0 Å².